The topological polar surface area (TPSA) is 101 Å². The van der Waals surface area contributed by atoms with E-state index in [1.165, 1.54) is 0 Å². The number of hydrogen-bond donors (Lipinski definition) is 0. The average Bonchev–Trinajstić information content (AvgIpc) is 1.72. The van der Waals surface area contributed by atoms with E-state index in [0.29, 0.717) is 0 Å². The van der Waals surface area contributed by atoms with Crippen molar-refractivity contribution in [3.8, 4) is 0 Å². The van der Waals surface area contributed by atoms with Crippen LogP contribution in [0.15, 0.2) is 30.6 Å². The molecule has 1 aromatic rings. The molecule has 0 aromatic carbocycles. The van der Waals surface area contributed by atoms with Gasteiger partial charge in [0.15, 0.2) is 0 Å². The summed E-state index contributed by atoms with van der Waals surface area (Å²) in [5, 5.41) is 0. The number of pyridine rings is 1. The fraction of sp³-hybridized carbons (Fsp3) is 0. The normalized spacial score (nSPS) is 4.80. The Morgan fingerprint density at radius 1 is 0.800 bits per heavy atom. The minimum atomic E-state index is 0. The second-order valence-corrected chi connectivity index (χ2v) is 1.02. The molecule has 0 atom stereocenters. The van der Waals surface area contributed by atoms with E-state index in [9.17, 15) is 0 Å². The van der Waals surface area contributed by atoms with Crippen LogP contribution in [0.3, 0.4) is 0 Å². The van der Waals surface area contributed by atoms with Crippen molar-refractivity contribution in [3.05, 3.63) is 30.6 Å². The number of aromatic nitrogens is 1. The van der Waals surface area contributed by atoms with Crippen LogP contribution in [0.1, 0.15) is 0 Å². The summed E-state index contributed by atoms with van der Waals surface area (Å²) in [4.78, 5) is 3.78. The van der Waals surface area contributed by atoms with E-state index in [0.717, 1.165) is 0 Å². The molecule has 10 heavy (non-hydrogen) atoms. The van der Waals surface area contributed by atoms with Crippen molar-refractivity contribution in [2.75, 3.05) is 0 Å². The number of rotatable bonds is 0. The summed E-state index contributed by atoms with van der Waals surface area (Å²) < 4.78 is 0. The summed E-state index contributed by atoms with van der Waals surface area (Å²) >= 11 is 0. The van der Waals surface area contributed by atoms with E-state index >= 15 is 0 Å². The van der Waals surface area contributed by atoms with Crippen molar-refractivity contribution in [1.29, 1.82) is 0 Å². The standard InChI is InChI=1S/C5H5N.H2O.2O.Zr/c1-2-4-6-5-3-1;;;;/h1-5H;1H2;;;/q;;2*-2;+4. The van der Waals surface area contributed by atoms with Gasteiger partial charge in [0.2, 0.25) is 0 Å². The minimum Gasteiger partial charge on any atom is -2.00 e. The largest absolute Gasteiger partial charge is 4.00 e. The quantitative estimate of drug-likeness (QED) is 0.604. The van der Waals surface area contributed by atoms with Gasteiger partial charge in [0.25, 0.3) is 0 Å². The predicted molar refractivity (Wildman–Crippen MR) is 29.2 cm³/mol. The summed E-state index contributed by atoms with van der Waals surface area (Å²) in [5.41, 5.74) is 0. The molecule has 0 spiro atoms. The van der Waals surface area contributed by atoms with E-state index < -0.39 is 0 Å². The van der Waals surface area contributed by atoms with Crippen LogP contribution in [-0.2, 0) is 37.2 Å². The average molecular weight is 220 g/mol. The van der Waals surface area contributed by atoms with Gasteiger partial charge in [0.05, 0.1) is 0 Å². The Hall–Kier alpha value is -0.0869. The second-order valence-electron chi connectivity index (χ2n) is 1.02. The molecule has 0 aliphatic carbocycles. The first-order valence-electron chi connectivity index (χ1n) is 1.85. The van der Waals surface area contributed by atoms with Gasteiger partial charge in [0.1, 0.15) is 0 Å². The zero-order valence-corrected chi connectivity index (χ0v) is 7.61. The monoisotopic (exact) mass is 219 g/mol. The van der Waals surface area contributed by atoms with Crippen LogP contribution in [-0.4, -0.2) is 10.5 Å². The van der Waals surface area contributed by atoms with Crippen LogP contribution < -0.4 is 0 Å². The molecule has 54 valence electrons. The SMILES string of the molecule is O.[O-2].[O-2].[Zr+4].c1ccncc1. The molecule has 4 nitrogen and oxygen atoms in total. The molecular weight excluding hydrogens is 213 g/mol. The van der Waals surface area contributed by atoms with E-state index in [-0.39, 0.29) is 42.6 Å². The van der Waals surface area contributed by atoms with Crippen molar-refractivity contribution >= 4 is 0 Å². The van der Waals surface area contributed by atoms with Crippen LogP contribution in [0, 0.1) is 0 Å². The predicted octanol–water partition coefficient (Wildman–Crippen LogP) is 0.0168. The van der Waals surface area contributed by atoms with Crippen molar-refractivity contribution in [2.45, 2.75) is 0 Å². The molecule has 1 rings (SSSR count). The summed E-state index contributed by atoms with van der Waals surface area (Å²) in [5.74, 6) is 0. The van der Waals surface area contributed by atoms with E-state index in [1.807, 2.05) is 18.2 Å². The molecule has 0 fully saturated rings. The zero-order valence-electron chi connectivity index (χ0n) is 5.15. The third-order valence-electron chi connectivity index (χ3n) is 0.566. The van der Waals surface area contributed by atoms with E-state index in [1.54, 1.807) is 12.4 Å². The Labute approximate surface area is 78.3 Å². The number of nitrogens with zero attached hydrogens (tertiary/aromatic N) is 1. The van der Waals surface area contributed by atoms with Gasteiger partial charge < -0.3 is 16.4 Å². The van der Waals surface area contributed by atoms with Crippen molar-refractivity contribution in [3.63, 3.8) is 0 Å². The number of hydrogen-bond acceptors (Lipinski definition) is 1. The first kappa shape index (κ1) is 22.5. The molecule has 1 heterocycles. The van der Waals surface area contributed by atoms with Crippen molar-refractivity contribution in [2.24, 2.45) is 0 Å². The molecule has 0 bridgehead atoms. The summed E-state index contributed by atoms with van der Waals surface area (Å²) in [6.07, 6.45) is 3.50. The molecule has 0 amide bonds. The fourth-order valence-corrected chi connectivity index (χ4v) is 0.313. The van der Waals surface area contributed by atoms with Crippen molar-refractivity contribution < 1.29 is 42.6 Å². The molecule has 0 saturated heterocycles. The molecule has 1 aromatic heterocycles. The first-order valence-corrected chi connectivity index (χ1v) is 1.85. The molecule has 5 heteroatoms. The molecular formula is C5H7NO3Zr. The molecule has 0 aliphatic heterocycles. The van der Waals surface area contributed by atoms with E-state index in [2.05, 4.69) is 4.98 Å². The minimum absolute atomic E-state index is 0. The van der Waals surface area contributed by atoms with Crippen LogP contribution in [0.5, 0.6) is 0 Å². The van der Waals surface area contributed by atoms with Gasteiger partial charge in [-0.15, -0.1) is 0 Å². The third kappa shape index (κ3) is 10.8. The Balaban J connectivity index is -0.0000000450. The first-order chi connectivity index (χ1) is 3.00. The van der Waals surface area contributed by atoms with Crippen LogP contribution >= 0.6 is 0 Å². The fourth-order valence-electron chi connectivity index (χ4n) is 0.313. The Kier molecular flexibility index (Phi) is 36.0. The van der Waals surface area contributed by atoms with Crippen LogP contribution in [0.2, 0.25) is 0 Å². The Bertz CT molecular complexity index is 88.8. The van der Waals surface area contributed by atoms with Crippen molar-refractivity contribution in [1.82, 2.24) is 4.98 Å². The molecule has 0 radical (unpaired) electrons. The third-order valence-corrected chi connectivity index (χ3v) is 0.566. The maximum absolute atomic E-state index is 3.78. The molecule has 2 N–H and O–H groups in total. The molecule has 0 aliphatic rings. The van der Waals surface area contributed by atoms with Crippen LogP contribution in [0.4, 0.5) is 0 Å². The maximum Gasteiger partial charge on any atom is 4.00 e. The van der Waals surface area contributed by atoms with Gasteiger partial charge in [0, 0.05) is 12.4 Å². The van der Waals surface area contributed by atoms with Gasteiger partial charge in [-0.05, 0) is 12.1 Å². The van der Waals surface area contributed by atoms with Gasteiger partial charge in [-0.25, -0.2) is 0 Å². The maximum atomic E-state index is 3.78. The zero-order chi connectivity index (χ0) is 4.24. The van der Waals surface area contributed by atoms with E-state index in [4.69, 9.17) is 0 Å². The molecule has 0 unspecified atom stereocenters. The Morgan fingerprint density at radius 2 is 1.20 bits per heavy atom. The summed E-state index contributed by atoms with van der Waals surface area (Å²) in [7, 11) is 0. The second kappa shape index (κ2) is 16.0. The summed E-state index contributed by atoms with van der Waals surface area (Å²) in [6, 6.07) is 5.72. The van der Waals surface area contributed by atoms with Crippen LogP contribution in [0.25, 0.3) is 0 Å². The molecule has 0 saturated carbocycles. The smallest absolute Gasteiger partial charge is 2.00 e. The van der Waals surface area contributed by atoms with Gasteiger partial charge in [-0.3, -0.25) is 4.98 Å². The summed E-state index contributed by atoms with van der Waals surface area (Å²) in [6.45, 7) is 0. The van der Waals surface area contributed by atoms with Gasteiger partial charge in [-0.1, -0.05) is 6.07 Å². The Morgan fingerprint density at radius 3 is 1.30 bits per heavy atom. The van der Waals surface area contributed by atoms with Gasteiger partial charge >= 0.3 is 26.2 Å². The van der Waals surface area contributed by atoms with Gasteiger partial charge in [-0.2, -0.15) is 0 Å².